The number of halogens is 3. The molecule has 0 heterocycles. The van der Waals surface area contributed by atoms with Crippen molar-refractivity contribution < 1.29 is 9.13 Å². The first-order chi connectivity index (χ1) is 6.60. The Hall–Kier alpha value is -0.280. The lowest BCUT2D eigenvalue weighted by molar-refractivity contribution is 0.405. The van der Waals surface area contributed by atoms with Crippen LogP contribution in [0, 0.1) is 5.82 Å². The zero-order valence-corrected chi connectivity index (χ0v) is 10.3. The highest BCUT2D eigenvalue weighted by molar-refractivity contribution is 9.10. The second-order valence-corrected chi connectivity index (χ2v) is 4.27. The summed E-state index contributed by atoms with van der Waals surface area (Å²) in [6.07, 6.45) is 0.774. The molecule has 0 aromatic heterocycles. The van der Waals surface area contributed by atoms with Gasteiger partial charge in [0.15, 0.2) is 0 Å². The number of benzene rings is 1. The quantitative estimate of drug-likeness (QED) is 0.751. The Morgan fingerprint density at radius 2 is 2.21 bits per heavy atom. The predicted molar refractivity (Wildman–Crippen MR) is 59.5 cm³/mol. The van der Waals surface area contributed by atoms with E-state index in [1.54, 1.807) is 6.07 Å². The molecule has 0 saturated carbocycles. The lowest BCUT2D eigenvalue weighted by Gasteiger charge is -2.13. The topological polar surface area (TPSA) is 9.23 Å². The van der Waals surface area contributed by atoms with Crippen LogP contribution in [0.25, 0.3) is 0 Å². The lowest BCUT2D eigenvalue weighted by atomic mass is 10.1. The van der Waals surface area contributed by atoms with Crippen LogP contribution in [-0.2, 0) is 0 Å². The van der Waals surface area contributed by atoms with Crippen molar-refractivity contribution in [2.24, 2.45) is 0 Å². The molecular weight excluding hydrogens is 270 g/mol. The molecule has 0 aliphatic carbocycles. The van der Waals surface area contributed by atoms with Gasteiger partial charge in [0.05, 0.1) is 17.0 Å². The summed E-state index contributed by atoms with van der Waals surface area (Å²) in [6, 6.07) is 3.00. The largest absolute Gasteiger partial charge is 0.496 e. The fourth-order valence-corrected chi connectivity index (χ4v) is 1.72. The van der Waals surface area contributed by atoms with Gasteiger partial charge in [0.1, 0.15) is 11.6 Å². The maximum Gasteiger partial charge on any atom is 0.141 e. The Bertz CT molecular complexity index is 330. The minimum atomic E-state index is -0.342. The van der Waals surface area contributed by atoms with Crippen molar-refractivity contribution in [2.45, 2.75) is 18.7 Å². The van der Waals surface area contributed by atoms with Gasteiger partial charge < -0.3 is 4.74 Å². The maximum absolute atomic E-state index is 13.1. The van der Waals surface area contributed by atoms with E-state index in [2.05, 4.69) is 15.9 Å². The smallest absolute Gasteiger partial charge is 0.141 e. The monoisotopic (exact) mass is 280 g/mol. The third kappa shape index (κ3) is 2.39. The van der Waals surface area contributed by atoms with E-state index in [4.69, 9.17) is 16.3 Å². The van der Waals surface area contributed by atoms with Gasteiger partial charge in [-0.2, -0.15) is 0 Å². The first kappa shape index (κ1) is 11.8. The summed E-state index contributed by atoms with van der Waals surface area (Å²) >= 11 is 9.19. The molecule has 1 nitrogen and oxygen atoms in total. The average Bonchev–Trinajstić information content (AvgIpc) is 2.20. The van der Waals surface area contributed by atoms with Gasteiger partial charge in [-0.1, -0.05) is 6.92 Å². The fraction of sp³-hybridized carbons (Fsp3) is 0.400. The van der Waals surface area contributed by atoms with Gasteiger partial charge >= 0.3 is 0 Å². The molecule has 0 radical (unpaired) electrons. The van der Waals surface area contributed by atoms with Crippen LogP contribution in [0.15, 0.2) is 16.6 Å². The van der Waals surface area contributed by atoms with Crippen molar-refractivity contribution in [3.63, 3.8) is 0 Å². The van der Waals surface area contributed by atoms with Crippen LogP contribution >= 0.6 is 27.5 Å². The molecule has 1 unspecified atom stereocenters. The molecule has 0 aliphatic heterocycles. The molecule has 0 amide bonds. The van der Waals surface area contributed by atoms with Gasteiger partial charge in [-0.05, 0) is 28.4 Å². The SMILES string of the molecule is CCC(Cl)c1cc(Br)c(F)cc1OC. The van der Waals surface area contributed by atoms with E-state index < -0.39 is 0 Å². The molecular formula is C10H11BrClFO. The van der Waals surface area contributed by atoms with Crippen molar-refractivity contribution in [2.75, 3.05) is 7.11 Å². The Balaban J connectivity index is 3.19. The van der Waals surface area contributed by atoms with Gasteiger partial charge in [-0.15, -0.1) is 11.6 Å². The van der Waals surface area contributed by atoms with Crippen LogP contribution in [0.5, 0.6) is 5.75 Å². The number of alkyl halides is 1. The first-order valence-electron chi connectivity index (χ1n) is 4.27. The van der Waals surface area contributed by atoms with Gasteiger partial charge in [-0.3, -0.25) is 0 Å². The summed E-state index contributed by atoms with van der Waals surface area (Å²) in [5.41, 5.74) is 0.810. The zero-order valence-electron chi connectivity index (χ0n) is 7.98. The van der Waals surface area contributed by atoms with Gasteiger partial charge in [0.2, 0.25) is 0 Å². The van der Waals surface area contributed by atoms with Crippen molar-refractivity contribution in [3.8, 4) is 5.75 Å². The molecule has 0 fully saturated rings. The van der Waals surface area contributed by atoms with E-state index in [0.717, 1.165) is 12.0 Å². The molecule has 1 aromatic rings. The maximum atomic E-state index is 13.1. The zero-order chi connectivity index (χ0) is 10.7. The van der Waals surface area contributed by atoms with Crippen LogP contribution < -0.4 is 4.74 Å². The second kappa shape index (κ2) is 4.99. The van der Waals surface area contributed by atoms with E-state index in [1.807, 2.05) is 6.92 Å². The number of rotatable bonds is 3. The first-order valence-corrected chi connectivity index (χ1v) is 5.50. The van der Waals surface area contributed by atoms with Gasteiger partial charge in [0, 0.05) is 11.6 Å². The number of hydrogen-bond donors (Lipinski definition) is 0. The number of ether oxygens (including phenoxy) is 1. The lowest BCUT2D eigenvalue weighted by Crippen LogP contribution is -1.96. The summed E-state index contributed by atoms with van der Waals surface area (Å²) in [4.78, 5) is 0. The Kier molecular flexibility index (Phi) is 4.20. The second-order valence-electron chi connectivity index (χ2n) is 2.88. The standard InChI is InChI=1S/C10H11BrClFO/c1-3-8(12)6-4-7(11)9(13)5-10(6)14-2/h4-5,8H,3H2,1-2H3. The van der Waals surface area contributed by atoms with Crippen LogP contribution in [0.4, 0.5) is 4.39 Å². The van der Waals surface area contributed by atoms with E-state index in [9.17, 15) is 4.39 Å². The molecule has 0 bridgehead atoms. The molecule has 1 atom stereocenters. The highest BCUT2D eigenvalue weighted by atomic mass is 79.9. The summed E-state index contributed by atoms with van der Waals surface area (Å²) in [6.45, 7) is 1.97. The predicted octanol–water partition coefficient (Wildman–Crippen LogP) is 4.29. The third-order valence-corrected chi connectivity index (χ3v) is 3.12. The normalized spacial score (nSPS) is 12.6. The third-order valence-electron chi connectivity index (χ3n) is 1.97. The van der Waals surface area contributed by atoms with Crippen molar-refractivity contribution in [1.82, 2.24) is 0 Å². The molecule has 4 heteroatoms. The molecule has 1 rings (SSSR count). The van der Waals surface area contributed by atoms with Crippen LogP contribution in [0.3, 0.4) is 0 Å². The van der Waals surface area contributed by atoms with Crippen molar-refractivity contribution >= 4 is 27.5 Å². The molecule has 14 heavy (non-hydrogen) atoms. The summed E-state index contributed by atoms with van der Waals surface area (Å²) in [7, 11) is 1.51. The fourth-order valence-electron chi connectivity index (χ4n) is 1.19. The number of hydrogen-bond acceptors (Lipinski definition) is 1. The minimum Gasteiger partial charge on any atom is -0.496 e. The molecule has 0 saturated heterocycles. The summed E-state index contributed by atoms with van der Waals surface area (Å²) in [5.74, 6) is 0.151. The molecule has 1 aromatic carbocycles. The van der Waals surface area contributed by atoms with Crippen LogP contribution in [0.2, 0.25) is 0 Å². The van der Waals surface area contributed by atoms with E-state index >= 15 is 0 Å². The molecule has 0 aliphatic rings. The summed E-state index contributed by atoms with van der Waals surface area (Å²) in [5, 5.41) is -0.151. The molecule has 0 N–H and O–H groups in total. The highest BCUT2D eigenvalue weighted by Crippen LogP contribution is 2.35. The van der Waals surface area contributed by atoms with Gasteiger partial charge in [0.25, 0.3) is 0 Å². The van der Waals surface area contributed by atoms with Gasteiger partial charge in [-0.25, -0.2) is 4.39 Å². The van der Waals surface area contributed by atoms with E-state index in [-0.39, 0.29) is 11.2 Å². The Morgan fingerprint density at radius 1 is 1.57 bits per heavy atom. The minimum absolute atomic E-state index is 0.151. The van der Waals surface area contributed by atoms with Crippen molar-refractivity contribution in [3.05, 3.63) is 28.0 Å². The highest BCUT2D eigenvalue weighted by Gasteiger charge is 2.14. The Morgan fingerprint density at radius 3 is 2.71 bits per heavy atom. The summed E-state index contributed by atoms with van der Waals surface area (Å²) < 4.78 is 18.6. The van der Waals surface area contributed by atoms with Crippen molar-refractivity contribution in [1.29, 1.82) is 0 Å². The molecule has 78 valence electrons. The number of methoxy groups -OCH3 is 1. The molecule has 0 spiro atoms. The van der Waals surface area contributed by atoms with Crippen LogP contribution in [-0.4, -0.2) is 7.11 Å². The van der Waals surface area contributed by atoms with E-state index in [1.165, 1.54) is 13.2 Å². The van der Waals surface area contributed by atoms with E-state index in [0.29, 0.717) is 10.2 Å². The van der Waals surface area contributed by atoms with Crippen LogP contribution in [0.1, 0.15) is 24.3 Å². The average molecular weight is 282 g/mol. The Labute approximate surface area is 96.3 Å².